The molecule has 0 saturated heterocycles. The Labute approximate surface area is 129 Å². The van der Waals surface area contributed by atoms with E-state index in [-0.39, 0.29) is 10.7 Å². The van der Waals surface area contributed by atoms with E-state index in [0.717, 1.165) is 6.26 Å². The topological polar surface area (TPSA) is 62.8 Å². The van der Waals surface area contributed by atoms with Gasteiger partial charge in [-0.05, 0) is 46.3 Å². The standard InChI is InChI=1S/C14H10BrFN2O2S/c1-21(19,20)8-5-6-11-12(7-8)18-14(17-11)9-3-2-4-10(16)13(9)15/h2-7H,1H3,(H,17,18). The highest BCUT2D eigenvalue weighted by molar-refractivity contribution is 9.10. The van der Waals surface area contributed by atoms with Gasteiger partial charge in [0.1, 0.15) is 11.6 Å². The van der Waals surface area contributed by atoms with Crippen LogP contribution in [-0.4, -0.2) is 24.6 Å². The van der Waals surface area contributed by atoms with Crippen molar-refractivity contribution in [2.45, 2.75) is 4.90 Å². The maximum atomic E-state index is 13.6. The monoisotopic (exact) mass is 368 g/mol. The van der Waals surface area contributed by atoms with Crippen molar-refractivity contribution in [1.82, 2.24) is 9.97 Å². The lowest BCUT2D eigenvalue weighted by atomic mass is 10.2. The fourth-order valence-corrected chi connectivity index (χ4v) is 3.13. The Bertz CT molecular complexity index is 951. The third-order valence-electron chi connectivity index (χ3n) is 3.09. The Balaban J connectivity index is 2.20. The lowest BCUT2D eigenvalue weighted by molar-refractivity contribution is 0.602. The molecular formula is C14H10BrFN2O2S. The van der Waals surface area contributed by atoms with Crippen LogP contribution in [0.3, 0.4) is 0 Å². The minimum atomic E-state index is -3.28. The first-order chi connectivity index (χ1) is 9.86. The van der Waals surface area contributed by atoms with Gasteiger partial charge in [-0.1, -0.05) is 6.07 Å². The van der Waals surface area contributed by atoms with Crippen LogP contribution in [0.25, 0.3) is 22.4 Å². The van der Waals surface area contributed by atoms with Crippen LogP contribution in [0.1, 0.15) is 0 Å². The van der Waals surface area contributed by atoms with Crippen molar-refractivity contribution in [2.24, 2.45) is 0 Å². The molecule has 0 saturated carbocycles. The Morgan fingerprint density at radius 2 is 2.00 bits per heavy atom. The van der Waals surface area contributed by atoms with Crippen molar-refractivity contribution in [2.75, 3.05) is 6.26 Å². The number of imidazole rings is 1. The first-order valence-electron chi connectivity index (χ1n) is 6.00. The van der Waals surface area contributed by atoms with Gasteiger partial charge in [0.25, 0.3) is 0 Å². The largest absolute Gasteiger partial charge is 0.338 e. The predicted molar refractivity (Wildman–Crippen MR) is 82.3 cm³/mol. The summed E-state index contributed by atoms with van der Waals surface area (Å²) in [5, 5.41) is 0. The number of hydrogen-bond acceptors (Lipinski definition) is 3. The number of nitrogens with one attached hydrogen (secondary N) is 1. The molecule has 0 amide bonds. The van der Waals surface area contributed by atoms with Gasteiger partial charge in [-0.2, -0.15) is 0 Å². The van der Waals surface area contributed by atoms with Gasteiger partial charge in [0.2, 0.25) is 0 Å². The molecule has 21 heavy (non-hydrogen) atoms. The number of halogens is 2. The molecule has 108 valence electrons. The summed E-state index contributed by atoms with van der Waals surface area (Å²) in [5.41, 5.74) is 1.78. The van der Waals surface area contributed by atoms with Crippen LogP contribution >= 0.6 is 15.9 Å². The number of fused-ring (bicyclic) bond motifs is 1. The highest BCUT2D eigenvalue weighted by Gasteiger charge is 2.13. The van der Waals surface area contributed by atoms with Crippen LogP contribution in [0.15, 0.2) is 45.8 Å². The van der Waals surface area contributed by atoms with Crippen LogP contribution in [0.5, 0.6) is 0 Å². The third-order valence-corrected chi connectivity index (χ3v) is 5.00. The molecule has 0 aliphatic rings. The molecule has 3 rings (SSSR count). The molecule has 1 N–H and O–H groups in total. The van der Waals surface area contributed by atoms with E-state index in [2.05, 4.69) is 25.9 Å². The Kier molecular flexibility index (Phi) is 3.33. The molecule has 1 aromatic heterocycles. The zero-order chi connectivity index (χ0) is 15.2. The van der Waals surface area contributed by atoms with Gasteiger partial charge in [0.15, 0.2) is 9.84 Å². The lowest BCUT2D eigenvalue weighted by Crippen LogP contribution is -1.96. The van der Waals surface area contributed by atoms with Gasteiger partial charge in [-0.3, -0.25) is 0 Å². The van der Waals surface area contributed by atoms with Gasteiger partial charge in [-0.25, -0.2) is 17.8 Å². The molecular weight excluding hydrogens is 359 g/mol. The average molecular weight is 369 g/mol. The molecule has 1 heterocycles. The molecule has 0 bridgehead atoms. The summed E-state index contributed by atoms with van der Waals surface area (Å²) in [6.45, 7) is 0. The molecule has 0 aliphatic heterocycles. The van der Waals surface area contributed by atoms with Crippen LogP contribution in [0.2, 0.25) is 0 Å². The van der Waals surface area contributed by atoms with E-state index in [4.69, 9.17) is 0 Å². The second-order valence-electron chi connectivity index (χ2n) is 4.64. The lowest BCUT2D eigenvalue weighted by Gasteiger charge is -2.01. The number of benzene rings is 2. The van der Waals surface area contributed by atoms with Crippen LogP contribution in [0, 0.1) is 5.82 Å². The zero-order valence-electron chi connectivity index (χ0n) is 10.9. The SMILES string of the molecule is CS(=O)(=O)c1ccc2nc(-c3cccc(F)c3Br)[nH]c2c1. The normalized spacial score (nSPS) is 12.0. The van der Waals surface area contributed by atoms with Gasteiger partial charge in [0, 0.05) is 11.8 Å². The van der Waals surface area contributed by atoms with Crippen molar-refractivity contribution in [1.29, 1.82) is 0 Å². The van der Waals surface area contributed by atoms with Crippen LogP contribution < -0.4 is 0 Å². The molecule has 0 spiro atoms. The first-order valence-corrected chi connectivity index (χ1v) is 8.69. The quantitative estimate of drug-likeness (QED) is 0.752. The minimum absolute atomic E-state index is 0.212. The van der Waals surface area contributed by atoms with E-state index in [1.165, 1.54) is 18.2 Å². The second kappa shape index (κ2) is 4.92. The number of nitrogens with zero attached hydrogens (tertiary/aromatic N) is 1. The predicted octanol–water partition coefficient (Wildman–Crippen LogP) is 3.54. The maximum Gasteiger partial charge on any atom is 0.175 e. The number of aromatic amines is 1. The minimum Gasteiger partial charge on any atom is -0.338 e. The molecule has 0 aliphatic carbocycles. The fourth-order valence-electron chi connectivity index (χ4n) is 2.03. The van der Waals surface area contributed by atoms with Crippen molar-refractivity contribution < 1.29 is 12.8 Å². The molecule has 0 radical (unpaired) electrons. The summed E-state index contributed by atoms with van der Waals surface area (Å²) >= 11 is 3.19. The van der Waals surface area contributed by atoms with Crippen molar-refractivity contribution in [3.8, 4) is 11.4 Å². The van der Waals surface area contributed by atoms with Crippen molar-refractivity contribution >= 4 is 36.8 Å². The number of sulfone groups is 1. The average Bonchev–Trinajstić information content (AvgIpc) is 2.83. The summed E-state index contributed by atoms with van der Waals surface area (Å²) in [7, 11) is -3.28. The summed E-state index contributed by atoms with van der Waals surface area (Å²) in [6.07, 6.45) is 1.15. The van der Waals surface area contributed by atoms with Crippen molar-refractivity contribution in [3.63, 3.8) is 0 Å². The van der Waals surface area contributed by atoms with Gasteiger partial charge in [-0.15, -0.1) is 0 Å². The van der Waals surface area contributed by atoms with Gasteiger partial charge >= 0.3 is 0 Å². The van der Waals surface area contributed by atoms with E-state index in [0.29, 0.717) is 26.9 Å². The van der Waals surface area contributed by atoms with Crippen LogP contribution in [-0.2, 0) is 9.84 Å². The molecule has 0 atom stereocenters. The first kappa shape index (κ1) is 14.2. The molecule has 0 fully saturated rings. The Hall–Kier alpha value is -1.73. The van der Waals surface area contributed by atoms with Gasteiger partial charge < -0.3 is 4.98 Å². The number of hydrogen-bond donors (Lipinski definition) is 1. The number of aromatic nitrogens is 2. The summed E-state index contributed by atoms with van der Waals surface area (Å²) in [6, 6.07) is 9.31. The van der Waals surface area contributed by atoms with Crippen molar-refractivity contribution in [3.05, 3.63) is 46.7 Å². The third kappa shape index (κ3) is 2.58. The molecule has 7 heteroatoms. The second-order valence-corrected chi connectivity index (χ2v) is 7.45. The summed E-state index contributed by atoms with van der Waals surface area (Å²) in [4.78, 5) is 7.59. The summed E-state index contributed by atoms with van der Waals surface area (Å²) < 4.78 is 37.0. The van der Waals surface area contributed by atoms with Gasteiger partial charge in [0.05, 0.1) is 20.4 Å². The summed E-state index contributed by atoms with van der Waals surface area (Å²) in [5.74, 6) is 0.0896. The highest BCUT2D eigenvalue weighted by atomic mass is 79.9. The fraction of sp³-hybridized carbons (Fsp3) is 0.0714. The van der Waals surface area contributed by atoms with E-state index >= 15 is 0 Å². The van der Waals surface area contributed by atoms with E-state index in [9.17, 15) is 12.8 Å². The molecule has 3 aromatic rings. The van der Waals surface area contributed by atoms with E-state index in [1.807, 2.05) is 0 Å². The molecule has 0 unspecified atom stereocenters. The number of H-pyrrole nitrogens is 1. The smallest absolute Gasteiger partial charge is 0.175 e. The highest BCUT2D eigenvalue weighted by Crippen LogP contribution is 2.30. The van der Waals surface area contributed by atoms with Crippen LogP contribution in [0.4, 0.5) is 4.39 Å². The molecule has 2 aromatic carbocycles. The maximum absolute atomic E-state index is 13.6. The zero-order valence-corrected chi connectivity index (χ0v) is 13.3. The number of rotatable bonds is 2. The van der Waals surface area contributed by atoms with E-state index in [1.54, 1.807) is 18.2 Å². The molecule has 4 nitrogen and oxygen atoms in total. The van der Waals surface area contributed by atoms with E-state index < -0.39 is 9.84 Å². The Morgan fingerprint density at radius 1 is 1.24 bits per heavy atom. The Morgan fingerprint density at radius 3 is 2.71 bits per heavy atom.